The van der Waals surface area contributed by atoms with Gasteiger partial charge in [-0.2, -0.15) is 5.26 Å². The molecule has 1 aliphatic rings. The molecule has 1 atom stereocenters. The minimum atomic E-state index is 0.0992. The van der Waals surface area contributed by atoms with Gasteiger partial charge in [-0.15, -0.1) is 0 Å². The van der Waals surface area contributed by atoms with Crippen molar-refractivity contribution in [3.05, 3.63) is 28.8 Å². The van der Waals surface area contributed by atoms with Crippen molar-refractivity contribution >= 4 is 23.2 Å². The van der Waals surface area contributed by atoms with E-state index >= 15 is 0 Å². The van der Waals surface area contributed by atoms with Gasteiger partial charge in [0, 0.05) is 24.7 Å². The van der Waals surface area contributed by atoms with Gasteiger partial charge in [0.15, 0.2) is 0 Å². The molecule has 0 spiro atoms. The van der Waals surface area contributed by atoms with Gasteiger partial charge in [0.25, 0.3) is 0 Å². The Morgan fingerprint density at radius 3 is 2.76 bits per heavy atom. The molecule has 0 bridgehead atoms. The van der Waals surface area contributed by atoms with E-state index in [9.17, 15) is 4.79 Å². The van der Waals surface area contributed by atoms with Crippen LogP contribution < -0.4 is 5.32 Å². The quantitative estimate of drug-likeness (QED) is 0.907. The number of hydrogen-bond donors (Lipinski definition) is 1. The molecule has 1 N–H and O–H groups in total. The Morgan fingerprint density at radius 1 is 1.48 bits per heavy atom. The molecule has 0 aliphatic carbocycles. The van der Waals surface area contributed by atoms with Crippen LogP contribution in [0.2, 0.25) is 5.02 Å². The van der Waals surface area contributed by atoms with E-state index in [0.29, 0.717) is 23.0 Å². The number of hydrogen-bond acceptors (Lipinski definition) is 3. The molecule has 2 rings (SSSR count). The number of nitriles is 1. The number of anilines is 1. The molecule has 4 nitrogen and oxygen atoms in total. The van der Waals surface area contributed by atoms with Crippen LogP contribution in [0.25, 0.3) is 0 Å². The van der Waals surface area contributed by atoms with Crippen LogP contribution in [-0.2, 0) is 4.79 Å². The van der Waals surface area contributed by atoms with Gasteiger partial charge in [-0.3, -0.25) is 4.79 Å². The minimum Gasteiger partial charge on any atom is -0.380 e. The number of carbonyl (C=O) groups is 1. The summed E-state index contributed by atoms with van der Waals surface area (Å²) in [5.41, 5.74) is 1.31. The number of likely N-dealkylation sites (tertiary alicyclic amines) is 1. The van der Waals surface area contributed by atoms with Crippen molar-refractivity contribution in [1.82, 2.24) is 4.90 Å². The lowest BCUT2D eigenvalue weighted by atomic mass is 10.1. The van der Waals surface area contributed by atoms with Crippen LogP contribution in [-0.4, -0.2) is 29.4 Å². The van der Waals surface area contributed by atoms with E-state index in [-0.39, 0.29) is 11.9 Å². The molecule has 0 radical (unpaired) electrons. The first-order valence-corrected chi connectivity index (χ1v) is 7.72. The number of nitrogens with zero attached hydrogens (tertiary/aromatic N) is 2. The Labute approximate surface area is 130 Å². The lowest BCUT2D eigenvalue weighted by Crippen LogP contribution is -2.36. The summed E-state index contributed by atoms with van der Waals surface area (Å²) in [5.74, 6) is 0.209. The lowest BCUT2D eigenvalue weighted by molar-refractivity contribution is -0.129. The maximum atomic E-state index is 12.1. The molecule has 1 heterocycles. The fraction of sp³-hybridized carbons (Fsp3) is 0.500. The van der Waals surface area contributed by atoms with Gasteiger partial charge in [0.1, 0.15) is 6.07 Å². The molecule has 0 saturated carbocycles. The first kappa shape index (κ1) is 15.7. The first-order valence-electron chi connectivity index (χ1n) is 7.34. The fourth-order valence-electron chi connectivity index (χ4n) is 2.84. The second kappa shape index (κ2) is 6.82. The molecule has 0 unspecified atom stereocenters. The van der Waals surface area contributed by atoms with Crippen molar-refractivity contribution in [3.63, 3.8) is 0 Å². The summed E-state index contributed by atoms with van der Waals surface area (Å²) in [7, 11) is 0. The third-order valence-electron chi connectivity index (χ3n) is 4.00. The molecule has 1 aromatic carbocycles. The Kier molecular flexibility index (Phi) is 5.08. The summed E-state index contributed by atoms with van der Waals surface area (Å²) in [6.07, 6.45) is 2.48. The molecule has 1 aliphatic heterocycles. The smallest absolute Gasteiger partial charge is 0.225 e. The zero-order valence-corrected chi connectivity index (χ0v) is 13.2. The van der Waals surface area contributed by atoms with Crippen LogP contribution in [0.1, 0.15) is 38.7 Å². The molecular weight excluding hydrogens is 286 g/mol. The first-order chi connectivity index (χ1) is 10.1. The van der Waals surface area contributed by atoms with Crippen molar-refractivity contribution in [2.24, 2.45) is 0 Å². The summed E-state index contributed by atoms with van der Waals surface area (Å²) >= 11 is 6.03. The maximum Gasteiger partial charge on any atom is 0.225 e. The van der Waals surface area contributed by atoms with E-state index in [1.165, 1.54) is 0 Å². The number of nitrogens with one attached hydrogen (secondary N) is 1. The van der Waals surface area contributed by atoms with E-state index in [1.807, 2.05) is 17.0 Å². The molecule has 1 aromatic rings. The highest BCUT2D eigenvalue weighted by Gasteiger charge is 2.32. The topological polar surface area (TPSA) is 56.1 Å². The van der Waals surface area contributed by atoms with Gasteiger partial charge in [-0.1, -0.05) is 25.4 Å². The van der Waals surface area contributed by atoms with E-state index < -0.39 is 0 Å². The SMILES string of the molecule is CCC(CC)N1C[C@@H](Nc2ccc(C#N)c(Cl)c2)CC1=O. The van der Waals surface area contributed by atoms with E-state index in [1.54, 1.807) is 12.1 Å². The predicted octanol–water partition coefficient (Wildman–Crippen LogP) is 3.41. The summed E-state index contributed by atoms with van der Waals surface area (Å²) in [6.45, 7) is 4.95. The van der Waals surface area contributed by atoms with Gasteiger partial charge in [-0.05, 0) is 31.0 Å². The second-order valence-corrected chi connectivity index (χ2v) is 5.78. The molecule has 5 heteroatoms. The van der Waals surface area contributed by atoms with Crippen molar-refractivity contribution in [2.75, 3.05) is 11.9 Å². The molecule has 21 heavy (non-hydrogen) atoms. The molecular formula is C16H20ClN3O. The predicted molar refractivity (Wildman–Crippen MR) is 84.3 cm³/mol. The van der Waals surface area contributed by atoms with Crippen LogP contribution in [0.4, 0.5) is 5.69 Å². The van der Waals surface area contributed by atoms with Crippen LogP contribution >= 0.6 is 11.6 Å². The Morgan fingerprint density at radius 2 is 2.19 bits per heavy atom. The molecule has 1 fully saturated rings. The number of benzene rings is 1. The summed E-state index contributed by atoms with van der Waals surface area (Å²) in [6, 6.07) is 7.73. The Bertz CT molecular complexity index is 563. The van der Waals surface area contributed by atoms with Crippen LogP contribution in [0, 0.1) is 11.3 Å². The highest BCUT2D eigenvalue weighted by Crippen LogP contribution is 2.24. The number of halogens is 1. The highest BCUT2D eigenvalue weighted by atomic mass is 35.5. The van der Waals surface area contributed by atoms with Crippen molar-refractivity contribution in [1.29, 1.82) is 5.26 Å². The zero-order chi connectivity index (χ0) is 15.4. The van der Waals surface area contributed by atoms with Crippen LogP contribution in [0.3, 0.4) is 0 Å². The average molecular weight is 306 g/mol. The molecule has 112 valence electrons. The monoisotopic (exact) mass is 305 g/mol. The standard InChI is InChI=1S/C16H20ClN3O/c1-3-14(4-2)20-10-13(8-16(20)21)19-12-6-5-11(9-18)15(17)7-12/h5-7,13-14,19H,3-4,8,10H2,1-2H3/t13-/m0/s1. The number of carbonyl (C=O) groups excluding carboxylic acids is 1. The summed E-state index contributed by atoms with van der Waals surface area (Å²) < 4.78 is 0. The fourth-order valence-corrected chi connectivity index (χ4v) is 3.06. The normalized spacial score (nSPS) is 18.1. The van der Waals surface area contributed by atoms with E-state index in [0.717, 1.165) is 25.1 Å². The van der Waals surface area contributed by atoms with Crippen LogP contribution in [0.15, 0.2) is 18.2 Å². The third-order valence-corrected chi connectivity index (χ3v) is 4.31. The largest absolute Gasteiger partial charge is 0.380 e. The van der Waals surface area contributed by atoms with Crippen molar-refractivity contribution in [2.45, 2.75) is 45.2 Å². The Hall–Kier alpha value is -1.73. The average Bonchev–Trinajstić information content (AvgIpc) is 2.81. The van der Waals surface area contributed by atoms with Gasteiger partial charge < -0.3 is 10.2 Å². The second-order valence-electron chi connectivity index (χ2n) is 5.37. The van der Waals surface area contributed by atoms with E-state index in [2.05, 4.69) is 19.2 Å². The molecule has 1 saturated heterocycles. The number of amides is 1. The zero-order valence-electron chi connectivity index (χ0n) is 12.4. The minimum absolute atomic E-state index is 0.0992. The van der Waals surface area contributed by atoms with Gasteiger partial charge >= 0.3 is 0 Å². The van der Waals surface area contributed by atoms with Gasteiger partial charge in [0.05, 0.1) is 16.6 Å². The highest BCUT2D eigenvalue weighted by molar-refractivity contribution is 6.32. The Balaban J connectivity index is 2.04. The third kappa shape index (κ3) is 3.48. The summed E-state index contributed by atoms with van der Waals surface area (Å²) in [5, 5.41) is 12.6. The lowest BCUT2D eigenvalue weighted by Gasteiger charge is -2.26. The number of rotatable bonds is 5. The van der Waals surface area contributed by atoms with Crippen LogP contribution in [0.5, 0.6) is 0 Å². The summed E-state index contributed by atoms with van der Waals surface area (Å²) in [4.78, 5) is 14.1. The molecule has 1 amide bonds. The maximum absolute atomic E-state index is 12.1. The van der Waals surface area contributed by atoms with Gasteiger partial charge in [-0.25, -0.2) is 0 Å². The van der Waals surface area contributed by atoms with E-state index in [4.69, 9.17) is 16.9 Å². The molecule has 0 aromatic heterocycles. The van der Waals surface area contributed by atoms with Crippen molar-refractivity contribution in [3.8, 4) is 6.07 Å². The van der Waals surface area contributed by atoms with Gasteiger partial charge in [0.2, 0.25) is 5.91 Å². The van der Waals surface area contributed by atoms with Crippen molar-refractivity contribution < 1.29 is 4.79 Å².